The van der Waals surface area contributed by atoms with Crippen LogP contribution in [0.5, 0.6) is 5.75 Å². The van der Waals surface area contributed by atoms with Gasteiger partial charge in [0.2, 0.25) is 0 Å². The lowest BCUT2D eigenvalue weighted by Crippen LogP contribution is -2.16. The van der Waals surface area contributed by atoms with Gasteiger partial charge in [0.15, 0.2) is 5.78 Å². The summed E-state index contributed by atoms with van der Waals surface area (Å²) >= 11 is 0. The molecule has 0 saturated carbocycles. The van der Waals surface area contributed by atoms with Crippen LogP contribution in [0.4, 0.5) is 5.69 Å². The number of Topliss-reactive ketones (excluding diaryl/α,β-unsaturated/α-hetero) is 1. The average Bonchev–Trinajstić information content (AvgIpc) is 3.11. The summed E-state index contributed by atoms with van der Waals surface area (Å²) in [6.45, 7) is -0.777. The SMILES string of the molecule is Cn1cc(S(=O)(=O)Nc2cc(S(=O)CC(=O)CO)c(O)c3ccccc23)cn1. The van der Waals surface area contributed by atoms with Gasteiger partial charge in [-0.2, -0.15) is 5.10 Å². The van der Waals surface area contributed by atoms with Crippen molar-refractivity contribution in [3.05, 3.63) is 42.7 Å². The first kappa shape index (κ1) is 20.0. The van der Waals surface area contributed by atoms with Crippen LogP contribution in [0, 0.1) is 0 Å². The van der Waals surface area contributed by atoms with Crippen molar-refractivity contribution in [2.24, 2.45) is 7.05 Å². The number of nitrogens with zero attached hydrogens (tertiary/aromatic N) is 2. The molecule has 28 heavy (non-hydrogen) atoms. The Bertz CT molecular complexity index is 1190. The predicted molar refractivity (Wildman–Crippen MR) is 103 cm³/mol. The van der Waals surface area contributed by atoms with Crippen LogP contribution < -0.4 is 4.72 Å². The van der Waals surface area contributed by atoms with E-state index in [0.29, 0.717) is 5.39 Å². The van der Waals surface area contributed by atoms with E-state index in [1.54, 1.807) is 31.3 Å². The minimum Gasteiger partial charge on any atom is -0.506 e. The molecule has 3 rings (SSSR count). The molecule has 3 aromatic rings. The summed E-state index contributed by atoms with van der Waals surface area (Å²) in [7, 11) is -4.38. The molecule has 0 amide bonds. The van der Waals surface area contributed by atoms with Crippen molar-refractivity contribution < 1.29 is 27.6 Å². The Morgan fingerprint density at radius 3 is 2.57 bits per heavy atom. The lowest BCUT2D eigenvalue weighted by molar-refractivity contribution is -0.119. The number of fused-ring (bicyclic) bond motifs is 1. The van der Waals surface area contributed by atoms with Gasteiger partial charge in [-0.25, -0.2) is 8.42 Å². The maximum absolute atomic E-state index is 12.7. The van der Waals surface area contributed by atoms with E-state index < -0.39 is 39.0 Å². The molecule has 2 aromatic carbocycles. The molecule has 1 aromatic heterocycles. The van der Waals surface area contributed by atoms with Gasteiger partial charge in [-0.1, -0.05) is 24.3 Å². The van der Waals surface area contributed by atoms with Gasteiger partial charge in [-0.3, -0.25) is 18.4 Å². The number of sulfonamides is 1. The molecule has 3 N–H and O–H groups in total. The number of carbonyl (C=O) groups excluding carboxylic acids is 1. The minimum absolute atomic E-state index is 0.0645. The number of aryl methyl sites for hydroxylation is 1. The van der Waals surface area contributed by atoms with Crippen LogP contribution >= 0.6 is 0 Å². The Morgan fingerprint density at radius 1 is 1.29 bits per heavy atom. The number of rotatable bonds is 7. The molecule has 0 fully saturated rings. The van der Waals surface area contributed by atoms with E-state index in [-0.39, 0.29) is 26.6 Å². The van der Waals surface area contributed by atoms with Crippen molar-refractivity contribution in [3.63, 3.8) is 0 Å². The molecule has 0 aliphatic heterocycles. The fourth-order valence-corrected chi connectivity index (χ4v) is 4.77. The summed E-state index contributed by atoms with van der Waals surface area (Å²) in [5.41, 5.74) is 0.0945. The maximum Gasteiger partial charge on any atom is 0.265 e. The molecule has 1 atom stereocenters. The average molecular weight is 423 g/mol. The van der Waals surface area contributed by atoms with Gasteiger partial charge in [0, 0.05) is 24.0 Å². The molecular weight excluding hydrogens is 406 g/mol. The molecule has 0 bridgehead atoms. The van der Waals surface area contributed by atoms with Crippen molar-refractivity contribution in [1.82, 2.24) is 9.78 Å². The van der Waals surface area contributed by atoms with Crippen molar-refractivity contribution in [2.75, 3.05) is 17.1 Å². The first-order valence-corrected chi connectivity index (χ1v) is 10.8. The van der Waals surface area contributed by atoms with Crippen molar-refractivity contribution in [3.8, 4) is 5.75 Å². The van der Waals surface area contributed by atoms with Gasteiger partial charge >= 0.3 is 0 Å². The van der Waals surface area contributed by atoms with Gasteiger partial charge in [-0.05, 0) is 6.07 Å². The third kappa shape index (κ3) is 3.91. The lowest BCUT2D eigenvalue weighted by atomic mass is 10.1. The van der Waals surface area contributed by atoms with E-state index in [1.165, 1.54) is 23.1 Å². The molecule has 0 saturated heterocycles. The van der Waals surface area contributed by atoms with Gasteiger partial charge in [0.1, 0.15) is 17.3 Å². The number of carbonyl (C=O) groups is 1. The summed E-state index contributed by atoms with van der Waals surface area (Å²) < 4.78 is 41.6. The van der Waals surface area contributed by atoms with Crippen LogP contribution in [-0.4, -0.2) is 50.8 Å². The van der Waals surface area contributed by atoms with Crippen LogP contribution in [0.1, 0.15) is 0 Å². The number of ketones is 1. The Labute approximate surface area is 163 Å². The molecular formula is C17H17N3O6S2. The number of aromatic hydroxyl groups is 1. The smallest absolute Gasteiger partial charge is 0.265 e. The molecule has 148 valence electrons. The third-order valence-electron chi connectivity index (χ3n) is 3.93. The first-order valence-electron chi connectivity index (χ1n) is 8.00. The number of hydrogen-bond donors (Lipinski definition) is 3. The zero-order chi connectivity index (χ0) is 20.5. The summed E-state index contributed by atoms with van der Waals surface area (Å²) in [5.74, 6) is -1.48. The number of phenols is 1. The van der Waals surface area contributed by atoms with E-state index in [9.17, 15) is 22.5 Å². The molecule has 9 nitrogen and oxygen atoms in total. The van der Waals surface area contributed by atoms with E-state index in [1.807, 2.05) is 0 Å². The molecule has 11 heteroatoms. The Morgan fingerprint density at radius 2 is 1.96 bits per heavy atom. The molecule has 1 heterocycles. The van der Waals surface area contributed by atoms with E-state index >= 15 is 0 Å². The minimum atomic E-state index is -3.99. The highest BCUT2D eigenvalue weighted by Gasteiger charge is 2.22. The summed E-state index contributed by atoms with van der Waals surface area (Å²) in [5, 5.41) is 23.9. The topological polar surface area (TPSA) is 139 Å². The van der Waals surface area contributed by atoms with Gasteiger partial charge in [-0.15, -0.1) is 0 Å². The number of nitrogens with one attached hydrogen (secondary N) is 1. The van der Waals surface area contributed by atoms with Crippen LogP contribution in [0.3, 0.4) is 0 Å². The Kier molecular flexibility index (Phi) is 5.49. The highest BCUT2D eigenvalue weighted by Crippen LogP contribution is 2.37. The molecule has 0 aliphatic rings. The van der Waals surface area contributed by atoms with E-state index in [2.05, 4.69) is 9.82 Å². The normalized spacial score (nSPS) is 12.8. The van der Waals surface area contributed by atoms with E-state index in [4.69, 9.17) is 5.11 Å². The van der Waals surface area contributed by atoms with Gasteiger partial charge in [0.25, 0.3) is 10.0 Å². The Balaban J connectivity index is 2.12. The van der Waals surface area contributed by atoms with Crippen LogP contribution in [0.2, 0.25) is 0 Å². The molecule has 0 aliphatic carbocycles. The fourth-order valence-electron chi connectivity index (χ4n) is 2.60. The predicted octanol–water partition coefficient (Wildman–Crippen LogP) is 0.749. The van der Waals surface area contributed by atoms with Crippen molar-refractivity contribution in [1.29, 1.82) is 0 Å². The second kappa shape index (κ2) is 7.70. The van der Waals surface area contributed by atoms with Gasteiger partial charge in [0.05, 0.1) is 33.3 Å². The molecule has 1 unspecified atom stereocenters. The summed E-state index contributed by atoms with van der Waals surface area (Å²) in [4.78, 5) is 11.3. The summed E-state index contributed by atoms with van der Waals surface area (Å²) in [6, 6.07) is 7.66. The van der Waals surface area contributed by atoms with Crippen molar-refractivity contribution in [2.45, 2.75) is 9.79 Å². The highest BCUT2D eigenvalue weighted by atomic mass is 32.2. The summed E-state index contributed by atoms with van der Waals surface area (Å²) in [6.07, 6.45) is 2.51. The number of phenolic OH excluding ortho intramolecular Hbond substituents is 1. The number of aliphatic hydroxyl groups is 1. The second-order valence-electron chi connectivity index (χ2n) is 5.96. The quantitative estimate of drug-likeness (QED) is 0.477. The number of aromatic nitrogens is 2. The highest BCUT2D eigenvalue weighted by molar-refractivity contribution is 7.92. The van der Waals surface area contributed by atoms with Crippen LogP contribution in [-0.2, 0) is 32.7 Å². The Hall–Kier alpha value is -2.76. The number of anilines is 1. The van der Waals surface area contributed by atoms with Gasteiger partial charge < -0.3 is 10.2 Å². The third-order valence-corrected chi connectivity index (χ3v) is 6.64. The standard InChI is InChI=1S/C17H17N3O6S2/c1-20-8-12(7-18-20)28(25,26)19-15-6-16(27(24)10-11(22)9-21)17(23)14-5-3-2-4-13(14)15/h2-8,19,21,23H,9-10H2,1H3. The zero-order valence-electron chi connectivity index (χ0n) is 14.7. The maximum atomic E-state index is 12.7. The largest absolute Gasteiger partial charge is 0.506 e. The molecule has 0 spiro atoms. The van der Waals surface area contributed by atoms with Crippen LogP contribution in [0.25, 0.3) is 10.8 Å². The lowest BCUT2D eigenvalue weighted by Gasteiger charge is -2.14. The number of benzene rings is 2. The van der Waals surface area contributed by atoms with Crippen molar-refractivity contribution >= 4 is 43.1 Å². The van der Waals surface area contributed by atoms with Crippen LogP contribution in [0.15, 0.2) is 52.5 Å². The fraction of sp³-hybridized carbons (Fsp3) is 0.176. The number of hydrogen-bond acceptors (Lipinski definition) is 7. The second-order valence-corrected chi connectivity index (χ2v) is 9.06. The monoisotopic (exact) mass is 423 g/mol. The first-order chi connectivity index (χ1) is 13.2. The molecule has 0 radical (unpaired) electrons. The number of aliphatic hydroxyl groups excluding tert-OH is 1. The zero-order valence-corrected chi connectivity index (χ0v) is 16.3. The van der Waals surface area contributed by atoms with E-state index in [0.717, 1.165) is 0 Å².